The van der Waals surface area contributed by atoms with E-state index in [-0.39, 0.29) is 19.3 Å². The molecule has 0 unspecified atom stereocenters. The molecule has 0 aromatic carbocycles. The van der Waals surface area contributed by atoms with Crippen LogP contribution in [-0.2, 0) is 9.53 Å². The highest BCUT2D eigenvalue weighted by molar-refractivity contribution is 5.92. The summed E-state index contributed by atoms with van der Waals surface area (Å²) in [5.74, 6) is -0.407. The van der Waals surface area contributed by atoms with E-state index in [1.807, 2.05) is 0 Å². The van der Waals surface area contributed by atoms with Crippen molar-refractivity contribution in [3.05, 3.63) is 0 Å². The average molecular weight is 202 g/mol. The fraction of sp³-hybridized carbons (Fsp3) is 0.750. The summed E-state index contributed by atoms with van der Waals surface area (Å²) in [6, 6.07) is 0. The van der Waals surface area contributed by atoms with Crippen LogP contribution in [-0.4, -0.2) is 54.4 Å². The molecule has 0 radical (unpaired) electrons. The highest BCUT2D eigenvalue weighted by Crippen LogP contribution is 2.05. The molecule has 1 heterocycles. The first-order valence-corrected chi connectivity index (χ1v) is 4.49. The van der Waals surface area contributed by atoms with Crippen molar-refractivity contribution in [2.24, 2.45) is 0 Å². The van der Waals surface area contributed by atoms with Crippen molar-refractivity contribution >= 4 is 12.0 Å². The number of alkyl carbamates (subject to hydrolysis) is 1. The average Bonchev–Trinajstić information content (AvgIpc) is 2.01. The van der Waals surface area contributed by atoms with Gasteiger partial charge in [0.15, 0.2) is 0 Å². The van der Waals surface area contributed by atoms with Crippen molar-refractivity contribution in [1.29, 1.82) is 0 Å². The summed E-state index contributed by atoms with van der Waals surface area (Å²) < 4.78 is 4.53. The van der Waals surface area contributed by atoms with E-state index in [1.165, 1.54) is 0 Å². The number of rotatable bonds is 3. The van der Waals surface area contributed by atoms with Crippen molar-refractivity contribution in [2.45, 2.75) is 13.0 Å². The molecule has 14 heavy (non-hydrogen) atoms. The first-order valence-electron chi connectivity index (χ1n) is 4.49. The van der Waals surface area contributed by atoms with E-state index < -0.39 is 12.0 Å². The highest BCUT2D eigenvalue weighted by Gasteiger charge is 2.26. The number of aliphatic hydroxyl groups excluding tert-OH is 1. The minimum Gasteiger partial charge on any atom is -0.450 e. The summed E-state index contributed by atoms with van der Waals surface area (Å²) >= 11 is 0. The van der Waals surface area contributed by atoms with Crippen LogP contribution in [0.5, 0.6) is 0 Å². The SMILES string of the molecule is CCOC(=O)NC(=O)CN1CC(O)C1. The number of carbonyl (C=O) groups is 2. The second kappa shape index (κ2) is 4.92. The lowest BCUT2D eigenvalue weighted by molar-refractivity contribution is -0.124. The minimum atomic E-state index is -0.724. The van der Waals surface area contributed by atoms with Crippen LogP contribution in [0.15, 0.2) is 0 Å². The third-order valence-electron chi connectivity index (χ3n) is 1.82. The fourth-order valence-electron chi connectivity index (χ4n) is 1.20. The van der Waals surface area contributed by atoms with Crippen molar-refractivity contribution < 1.29 is 19.4 Å². The summed E-state index contributed by atoms with van der Waals surface area (Å²) in [4.78, 5) is 23.6. The van der Waals surface area contributed by atoms with Crippen LogP contribution in [0.1, 0.15) is 6.92 Å². The number of aliphatic hydroxyl groups is 1. The lowest BCUT2D eigenvalue weighted by Gasteiger charge is -2.34. The van der Waals surface area contributed by atoms with E-state index in [1.54, 1.807) is 11.8 Å². The van der Waals surface area contributed by atoms with Crippen molar-refractivity contribution in [2.75, 3.05) is 26.2 Å². The molecule has 6 heteroatoms. The van der Waals surface area contributed by atoms with Gasteiger partial charge in [0.25, 0.3) is 0 Å². The van der Waals surface area contributed by atoms with Gasteiger partial charge in [0, 0.05) is 13.1 Å². The van der Waals surface area contributed by atoms with Gasteiger partial charge in [-0.2, -0.15) is 0 Å². The smallest absolute Gasteiger partial charge is 0.413 e. The number of nitrogens with one attached hydrogen (secondary N) is 1. The summed E-state index contributed by atoms with van der Waals surface area (Å²) in [5, 5.41) is 11.0. The number of hydrogen-bond donors (Lipinski definition) is 2. The monoisotopic (exact) mass is 202 g/mol. The fourth-order valence-corrected chi connectivity index (χ4v) is 1.20. The van der Waals surface area contributed by atoms with E-state index >= 15 is 0 Å². The maximum atomic E-state index is 11.1. The molecule has 0 aromatic rings. The van der Waals surface area contributed by atoms with Gasteiger partial charge in [-0.1, -0.05) is 0 Å². The van der Waals surface area contributed by atoms with Crippen LogP contribution in [0.3, 0.4) is 0 Å². The number of likely N-dealkylation sites (tertiary alicyclic amines) is 1. The van der Waals surface area contributed by atoms with Gasteiger partial charge in [-0.3, -0.25) is 15.0 Å². The zero-order chi connectivity index (χ0) is 10.6. The first-order chi connectivity index (χ1) is 6.61. The molecule has 0 aromatic heterocycles. The van der Waals surface area contributed by atoms with Gasteiger partial charge < -0.3 is 9.84 Å². The quantitative estimate of drug-likeness (QED) is 0.609. The minimum absolute atomic E-state index is 0.121. The van der Waals surface area contributed by atoms with E-state index in [2.05, 4.69) is 10.1 Å². The molecule has 6 nitrogen and oxygen atoms in total. The van der Waals surface area contributed by atoms with Gasteiger partial charge in [-0.25, -0.2) is 4.79 Å². The Morgan fingerprint density at radius 1 is 1.57 bits per heavy atom. The molecule has 0 spiro atoms. The van der Waals surface area contributed by atoms with Crippen LogP contribution in [0, 0.1) is 0 Å². The highest BCUT2D eigenvalue weighted by atomic mass is 16.5. The molecule has 0 bridgehead atoms. The molecule has 2 amide bonds. The van der Waals surface area contributed by atoms with Crippen LogP contribution < -0.4 is 5.32 Å². The van der Waals surface area contributed by atoms with Gasteiger partial charge in [0.2, 0.25) is 5.91 Å². The predicted molar refractivity (Wildman–Crippen MR) is 47.6 cm³/mol. The normalized spacial score (nSPS) is 17.3. The molecule has 80 valence electrons. The zero-order valence-corrected chi connectivity index (χ0v) is 8.02. The standard InChI is InChI=1S/C8H14N2O4/c1-2-14-8(13)9-7(12)5-10-3-6(11)4-10/h6,11H,2-5H2,1H3,(H,9,12,13). The number of nitrogens with zero attached hydrogens (tertiary/aromatic N) is 1. The molecule has 0 aliphatic carbocycles. The lowest BCUT2D eigenvalue weighted by atomic mass is 10.2. The molecule has 1 saturated heterocycles. The van der Waals surface area contributed by atoms with E-state index in [0.717, 1.165) is 0 Å². The second-order valence-corrected chi connectivity index (χ2v) is 3.12. The summed E-state index contributed by atoms with van der Waals surface area (Å²) in [6.45, 7) is 2.99. The molecule has 1 fully saturated rings. The lowest BCUT2D eigenvalue weighted by Crippen LogP contribution is -2.54. The summed E-state index contributed by atoms with van der Waals surface area (Å²) in [7, 11) is 0. The Hall–Kier alpha value is -1.14. The van der Waals surface area contributed by atoms with Crippen molar-refractivity contribution in [3.63, 3.8) is 0 Å². The van der Waals surface area contributed by atoms with Crippen LogP contribution >= 0.6 is 0 Å². The molecule has 0 saturated carbocycles. The Kier molecular flexibility index (Phi) is 3.84. The number of ether oxygens (including phenoxy) is 1. The van der Waals surface area contributed by atoms with Gasteiger partial charge >= 0.3 is 6.09 Å². The Labute approximate surface area is 81.8 Å². The van der Waals surface area contributed by atoms with E-state index in [4.69, 9.17) is 5.11 Å². The summed E-state index contributed by atoms with van der Waals surface area (Å²) in [6.07, 6.45) is -1.07. The van der Waals surface area contributed by atoms with Crippen molar-refractivity contribution in [3.8, 4) is 0 Å². The second-order valence-electron chi connectivity index (χ2n) is 3.12. The number of carbonyl (C=O) groups excluding carboxylic acids is 2. The van der Waals surface area contributed by atoms with Gasteiger partial charge in [-0.15, -0.1) is 0 Å². The van der Waals surface area contributed by atoms with Gasteiger partial charge in [0.05, 0.1) is 19.3 Å². The Morgan fingerprint density at radius 2 is 2.21 bits per heavy atom. The number of β-amino-alcohol motifs (C(OH)–C–C–N with tert-alkyl or cyclic N) is 1. The summed E-state index contributed by atoms with van der Waals surface area (Å²) in [5.41, 5.74) is 0. The zero-order valence-electron chi connectivity index (χ0n) is 8.02. The largest absolute Gasteiger partial charge is 0.450 e. The Balaban J connectivity index is 2.13. The van der Waals surface area contributed by atoms with Gasteiger partial charge in [0.1, 0.15) is 0 Å². The molecule has 1 rings (SSSR count). The van der Waals surface area contributed by atoms with Crippen LogP contribution in [0.4, 0.5) is 4.79 Å². The van der Waals surface area contributed by atoms with Crippen molar-refractivity contribution in [1.82, 2.24) is 10.2 Å². The van der Waals surface area contributed by atoms with Gasteiger partial charge in [-0.05, 0) is 6.92 Å². The molecule has 1 aliphatic heterocycles. The topological polar surface area (TPSA) is 78.9 Å². The third-order valence-corrected chi connectivity index (χ3v) is 1.82. The Bertz CT molecular complexity index is 225. The number of imide groups is 1. The third kappa shape index (κ3) is 3.31. The van der Waals surface area contributed by atoms with E-state index in [0.29, 0.717) is 13.1 Å². The molecule has 1 aliphatic rings. The maximum Gasteiger partial charge on any atom is 0.413 e. The number of hydrogen-bond acceptors (Lipinski definition) is 5. The molecule has 2 N–H and O–H groups in total. The van der Waals surface area contributed by atoms with E-state index in [9.17, 15) is 9.59 Å². The predicted octanol–water partition coefficient (Wildman–Crippen LogP) is -1.06. The molecular weight excluding hydrogens is 188 g/mol. The number of amides is 2. The Morgan fingerprint density at radius 3 is 2.71 bits per heavy atom. The van der Waals surface area contributed by atoms with Crippen LogP contribution in [0.25, 0.3) is 0 Å². The molecular formula is C8H14N2O4. The molecule has 0 atom stereocenters. The maximum absolute atomic E-state index is 11.1. The first kappa shape index (κ1) is 10.9. The van der Waals surface area contributed by atoms with Crippen LogP contribution in [0.2, 0.25) is 0 Å².